The lowest BCUT2D eigenvalue weighted by atomic mass is 10.1. The van der Waals surface area contributed by atoms with Crippen LogP contribution in [0.25, 0.3) is 0 Å². The lowest BCUT2D eigenvalue weighted by molar-refractivity contribution is -0.132. The SMILES string of the molecule is COC(=O)C(=N)c1cccnc1NSF. The van der Waals surface area contributed by atoms with Gasteiger partial charge in [0.2, 0.25) is 0 Å². The zero-order chi connectivity index (χ0) is 11.3. The van der Waals surface area contributed by atoms with Crippen molar-refractivity contribution in [3.63, 3.8) is 0 Å². The number of aromatic nitrogens is 1. The van der Waals surface area contributed by atoms with Crippen molar-refractivity contribution in [3.05, 3.63) is 23.9 Å². The van der Waals surface area contributed by atoms with Crippen molar-refractivity contribution in [2.45, 2.75) is 0 Å². The molecule has 1 rings (SSSR count). The van der Waals surface area contributed by atoms with Gasteiger partial charge in [-0.3, -0.25) is 10.1 Å². The molecule has 0 fully saturated rings. The summed E-state index contributed by atoms with van der Waals surface area (Å²) in [6, 6.07) is 3.02. The Bertz CT molecular complexity index is 386. The van der Waals surface area contributed by atoms with E-state index in [2.05, 4.69) is 14.4 Å². The van der Waals surface area contributed by atoms with Crippen LogP contribution in [-0.2, 0) is 9.53 Å². The van der Waals surface area contributed by atoms with E-state index >= 15 is 0 Å². The normalized spacial score (nSPS) is 9.47. The first-order valence-electron chi connectivity index (χ1n) is 3.86. The fourth-order valence-electron chi connectivity index (χ4n) is 0.937. The summed E-state index contributed by atoms with van der Waals surface area (Å²) in [4.78, 5) is 14.9. The van der Waals surface area contributed by atoms with Gasteiger partial charge in [-0.1, -0.05) is 0 Å². The fourth-order valence-corrected chi connectivity index (χ4v) is 1.17. The van der Waals surface area contributed by atoms with Crippen LogP contribution >= 0.6 is 12.3 Å². The third kappa shape index (κ3) is 2.66. The van der Waals surface area contributed by atoms with Crippen molar-refractivity contribution in [3.8, 4) is 0 Å². The molecule has 0 radical (unpaired) electrons. The first kappa shape index (κ1) is 11.4. The smallest absolute Gasteiger partial charge is 0.356 e. The highest BCUT2D eigenvalue weighted by molar-refractivity contribution is 7.95. The number of hydrogen-bond acceptors (Lipinski definition) is 6. The Morgan fingerprint density at radius 3 is 3.07 bits per heavy atom. The minimum Gasteiger partial charge on any atom is -0.464 e. The molecule has 15 heavy (non-hydrogen) atoms. The van der Waals surface area contributed by atoms with E-state index < -0.39 is 5.97 Å². The molecule has 1 aromatic heterocycles. The average Bonchev–Trinajstić information content (AvgIpc) is 2.28. The first-order chi connectivity index (χ1) is 7.20. The minimum absolute atomic E-state index is 0.111. The second-order valence-electron chi connectivity index (χ2n) is 2.45. The summed E-state index contributed by atoms with van der Waals surface area (Å²) in [6.07, 6.45) is 1.42. The summed E-state index contributed by atoms with van der Waals surface area (Å²) >= 11 is -0.156. The van der Waals surface area contributed by atoms with Crippen LogP contribution in [0.1, 0.15) is 5.56 Å². The molecule has 0 aliphatic heterocycles. The molecule has 7 heteroatoms. The number of halogens is 1. The Kier molecular flexibility index (Phi) is 4.04. The summed E-state index contributed by atoms with van der Waals surface area (Å²) in [6.45, 7) is 0. The molecule has 0 amide bonds. The molecule has 0 aliphatic rings. The number of rotatable bonds is 4. The summed E-state index contributed by atoms with van der Waals surface area (Å²) < 4.78 is 18.6. The highest BCUT2D eigenvalue weighted by atomic mass is 32.2. The van der Waals surface area contributed by atoms with Crippen molar-refractivity contribution < 1.29 is 13.4 Å². The fraction of sp³-hybridized carbons (Fsp3) is 0.125. The maximum Gasteiger partial charge on any atom is 0.356 e. The molecule has 0 unspecified atom stereocenters. The summed E-state index contributed by atoms with van der Waals surface area (Å²) in [5.41, 5.74) is -0.184. The maximum absolute atomic E-state index is 12.0. The molecule has 0 aromatic carbocycles. The molecule has 1 aromatic rings. The van der Waals surface area contributed by atoms with E-state index in [0.29, 0.717) is 0 Å². The minimum atomic E-state index is -0.796. The van der Waals surface area contributed by atoms with Crippen molar-refractivity contribution in [2.75, 3.05) is 11.8 Å². The molecule has 5 nitrogen and oxygen atoms in total. The van der Waals surface area contributed by atoms with Gasteiger partial charge in [-0.2, -0.15) is 0 Å². The molecule has 0 saturated heterocycles. The van der Waals surface area contributed by atoms with Crippen LogP contribution in [0.2, 0.25) is 0 Å². The number of carbonyl (C=O) groups is 1. The zero-order valence-corrected chi connectivity index (χ0v) is 8.60. The number of nitrogens with one attached hydrogen (secondary N) is 2. The molecular formula is C8H8FN3O2S. The Hall–Kier alpha value is -1.63. The van der Waals surface area contributed by atoms with Crippen molar-refractivity contribution in [2.24, 2.45) is 0 Å². The second kappa shape index (κ2) is 5.30. The lowest BCUT2D eigenvalue weighted by Crippen LogP contribution is -2.17. The molecule has 0 saturated carbocycles. The van der Waals surface area contributed by atoms with Gasteiger partial charge in [0.05, 0.1) is 12.7 Å². The van der Waals surface area contributed by atoms with Gasteiger partial charge in [-0.15, -0.1) is 3.89 Å². The van der Waals surface area contributed by atoms with Crippen LogP contribution in [0, 0.1) is 5.41 Å². The highest BCUT2D eigenvalue weighted by Crippen LogP contribution is 2.16. The lowest BCUT2D eigenvalue weighted by Gasteiger charge is -2.06. The number of carbonyl (C=O) groups excluding carboxylic acids is 1. The number of ether oxygens (including phenoxy) is 1. The molecular weight excluding hydrogens is 221 g/mol. The van der Waals surface area contributed by atoms with E-state index in [1.165, 1.54) is 19.4 Å². The van der Waals surface area contributed by atoms with Crippen LogP contribution in [0.4, 0.5) is 9.70 Å². The molecule has 2 N–H and O–H groups in total. The highest BCUT2D eigenvalue weighted by Gasteiger charge is 2.16. The predicted octanol–water partition coefficient (Wildman–Crippen LogP) is 1.57. The quantitative estimate of drug-likeness (QED) is 0.465. The van der Waals surface area contributed by atoms with Gasteiger partial charge in [0.25, 0.3) is 0 Å². The van der Waals surface area contributed by atoms with Crippen LogP contribution in [0.5, 0.6) is 0 Å². The van der Waals surface area contributed by atoms with Gasteiger partial charge in [0, 0.05) is 6.20 Å². The first-order valence-corrected chi connectivity index (χ1v) is 4.58. The number of methoxy groups -OCH3 is 1. The van der Waals surface area contributed by atoms with Crippen molar-refractivity contribution >= 4 is 29.8 Å². The van der Waals surface area contributed by atoms with E-state index in [9.17, 15) is 8.68 Å². The van der Waals surface area contributed by atoms with Crippen molar-refractivity contribution in [1.29, 1.82) is 5.41 Å². The molecule has 0 aliphatic carbocycles. The van der Waals surface area contributed by atoms with Gasteiger partial charge in [-0.05, 0) is 12.1 Å². The second-order valence-corrected chi connectivity index (χ2v) is 2.80. The predicted molar refractivity (Wildman–Crippen MR) is 55.4 cm³/mol. The zero-order valence-electron chi connectivity index (χ0n) is 7.78. The molecule has 0 spiro atoms. The number of pyridine rings is 1. The maximum atomic E-state index is 12.0. The Morgan fingerprint density at radius 2 is 2.47 bits per heavy atom. The number of hydrogen-bond donors (Lipinski definition) is 2. The number of esters is 1. The van der Waals surface area contributed by atoms with E-state index in [0.717, 1.165) is 0 Å². The molecule has 0 bridgehead atoms. The van der Waals surface area contributed by atoms with Crippen LogP contribution in [0.15, 0.2) is 18.3 Å². The Labute approximate surface area is 90.0 Å². The standard InChI is InChI=1S/C8H8FN3O2S/c1-14-8(13)6(10)5-3-2-4-11-7(5)12-15-9/h2-4,10H,1H3,(H,11,12). The summed E-state index contributed by atoms with van der Waals surface area (Å²) in [7, 11) is 1.17. The Balaban J connectivity index is 3.02. The molecule has 80 valence electrons. The summed E-state index contributed by atoms with van der Waals surface area (Å²) in [5, 5.41) is 7.47. The molecule has 0 atom stereocenters. The Morgan fingerprint density at radius 1 is 1.73 bits per heavy atom. The van der Waals surface area contributed by atoms with Gasteiger partial charge >= 0.3 is 5.97 Å². The number of nitrogens with zero attached hydrogens (tertiary/aromatic N) is 1. The van der Waals surface area contributed by atoms with E-state index in [1.54, 1.807) is 6.07 Å². The molecule has 1 heterocycles. The van der Waals surface area contributed by atoms with Gasteiger partial charge in [-0.25, -0.2) is 9.78 Å². The van der Waals surface area contributed by atoms with E-state index in [1.807, 2.05) is 0 Å². The van der Waals surface area contributed by atoms with E-state index in [4.69, 9.17) is 5.41 Å². The topological polar surface area (TPSA) is 75.1 Å². The van der Waals surface area contributed by atoms with Crippen molar-refractivity contribution in [1.82, 2.24) is 4.98 Å². The van der Waals surface area contributed by atoms with Crippen LogP contribution in [0.3, 0.4) is 0 Å². The van der Waals surface area contributed by atoms with E-state index in [-0.39, 0.29) is 29.4 Å². The third-order valence-electron chi connectivity index (χ3n) is 1.60. The van der Waals surface area contributed by atoms with Gasteiger partial charge in [0.15, 0.2) is 18.0 Å². The van der Waals surface area contributed by atoms with Crippen LogP contribution < -0.4 is 4.72 Å². The van der Waals surface area contributed by atoms with Crippen LogP contribution in [-0.4, -0.2) is 23.8 Å². The number of anilines is 1. The van der Waals surface area contributed by atoms with Gasteiger partial charge in [0.1, 0.15) is 5.82 Å². The largest absolute Gasteiger partial charge is 0.464 e. The monoisotopic (exact) mass is 229 g/mol. The average molecular weight is 229 g/mol. The summed E-state index contributed by atoms with van der Waals surface area (Å²) in [5.74, 6) is -0.685. The van der Waals surface area contributed by atoms with Gasteiger partial charge < -0.3 is 4.74 Å². The third-order valence-corrected chi connectivity index (χ3v) is 1.87.